The highest BCUT2D eigenvalue weighted by Crippen LogP contribution is 2.38. The van der Waals surface area contributed by atoms with Crippen LogP contribution in [0.3, 0.4) is 0 Å². The number of thioether (sulfide) groups is 1. The summed E-state index contributed by atoms with van der Waals surface area (Å²) >= 11 is 1.66. The van der Waals surface area contributed by atoms with Crippen molar-refractivity contribution >= 4 is 11.8 Å². The Morgan fingerprint density at radius 1 is 1.24 bits per heavy atom. The molecule has 1 aliphatic rings. The van der Waals surface area contributed by atoms with E-state index >= 15 is 0 Å². The average molecular weight is 253 g/mol. The van der Waals surface area contributed by atoms with Crippen molar-refractivity contribution in [2.45, 2.75) is 49.5 Å². The Bertz CT molecular complexity index is 411. The van der Waals surface area contributed by atoms with Gasteiger partial charge >= 0.3 is 0 Å². The van der Waals surface area contributed by atoms with Gasteiger partial charge in [0.1, 0.15) is 5.82 Å². The van der Waals surface area contributed by atoms with Crippen LogP contribution >= 0.6 is 11.8 Å². The molecule has 1 saturated carbocycles. The van der Waals surface area contributed by atoms with E-state index in [9.17, 15) is 4.39 Å². The van der Waals surface area contributed by atoms with Gasteiger partial charge in [-0.05, 0) is 43.7 Å². The molecule has 1 aromatic carbocycles. The summed E-state index contributed by atoms with van der Waals surface area (Å²) in [4.78, 5) is 1.14. The minimum Gasteiger partial charge on any atom is -0.321 e. The van der Waals surface area contributed by atoms with Crippen LogP contribution in [0.4, 0.5) is 4.39 Å². The first kappa shape index (κ1) is 12.9. The maximum Gasteiger partial charge on any atom is 0.128 e. The number of benzene rings is 1. The van der Waals surface area contributed by atoms with Gasteiger partial charge in [0.25, 0.3) is 0 Å². The summed E-state index contributed by atoms with van der Waals surface area (Å²) in [6, 6.07) is 3.59. The maximum absolute atomic E-state index is 14.1. The Morgan fingerprint density at radius 3 is 2.47 bits per heavy atom. The van der Waals surface area contributed by atoms with Gasteiger partial charge in [-0.15, -0.1) is 11.8 Å². The van der Waals surface area contributed by atoms with Gasteiger partial charge in [0, 0.05) is 16.0 Å². The number of nitrogens with two attached hydrogens (primary N) is 1. The fraction of sp³-hybridized carbons (Fsp3) is 0.571. The van der Waals surface area contributed by atoms with E-state index in [2.05, 4.69) is 0 Å². The molecule has 0 aliphatic heterocycles. The zero-order valence-corrected chi connectivity index (χ0v) is 11.4. The van der Waals surface area contributed by atoms with E-state index in [0.29, 0.717) is 5.56 Å². The van der Waals surface area contributed by atoms with E-state index in [-0.39, 0.29) is 5.82 Å². The second-order valence-corrected chi connectivity index (χ2v) is 5.87. The van der Waals surface area contributed by atoms with Gasteiger partial charge in [-0.25, -0.2) is 4.39 Å². The topological polar surface area (TPSA) is 26.0 Å². The number of rotatable bonds is 2. The number of halogens is 1. The smallest absolute Gasteiger partial charge is 0.128 e. The van der Waals surface area contributed by atoms with Gasteiger partial charge in [0.05, 0.1) is 0 Å². The second kappa shape index (κ2) is 4.99. The van der Waals surface area contributed by atoms with Crippen LogP contribution in [0.25, 0.3) is 0 Å². The predicted octanol–water partition coefficient (Wildman–Crippen LogP) is 3.97. The van der Waals surface area contributed by atoms with E-state index in [1.807, 2.05) is 19.2 Å². The average Bonchev–Trinajstić information content (AvgIpc) is 2.30. The van der Waals surface area contributed by atoms with Crippen LogP contribution in [0.5, 0.6) is 0 Å². The lowest BCUT2D eigenvalue weighted by atomic mass is 9.77. The van der Waals surface area contributed by atoms with Crippen LogP contribution < -0.4 is 5.73 Å². The molecule has 0 amide bonds. The predicted molar refractivity (Wildman–Crippen MR) is 71.9 cm³/mol. The molecule has 1 aromatic rings. The summed E-state index contributed by atoms with van der Waals surface area (Å²) in [7, 11) is 0. The third-order valence-electron chi connectivity index (χ3n) is 3.77. The molecule has 1 fully saturated rings. The van der Waals surface area contributed by atoms with Crippen LogP contribution in [0.2, 0.25) is 0 Å². The van der Waals surface area contributed by atoms with Gasteiger partial charge in [-0.1, -0.05) is 19.3 Å². The van der Waals surface area contributed by atoms with E-state index in [1.54, 1.807) is 17.8 Å². The molecular weight excluding hydrogens is 233 g/mol. The van der Waals surface area contributed by atoms with Crippen molar-refractivity contribution in [1.29, 1.82) is 0 Å². The zero-order valence-electron chi connectivity index (χ0n) is 10.6. The Labute approximate surface area is 107 Å². The number of aryl methyl sites for hydroxylation is 1. The van der Waals surface area contributed by atoms with Crippen molar-refractivity contribution < 1.29 is 4.39 Å². The van der Waals surface area contributed by atoms with Gasteiger partial charge < -0.3 is 5.73 Å². The molecule has 1 nitrogen and oxygen atoms in total. The molecule has 0 atom stereocenters. The van der Waals surface area contributed by atoms with E-state index < -0.39 is 5.54 Å². The highest BCUT2D eigenvalue weighted by atomic mass is 32.2. The van der Waals surface area contributed by atoms with Crippen molar-refractivity contribution in [1.82, 2.24) is 0 Å². The Kier molecular flexibility index (Phi) is 3.79. The van der Waals surface area contributed by atoms with Crippen molar-refractivity contribution in [2.75, 3.05) is 6.26 Å². The molecule has 0 aromatic heterocycles. The zero-order chi connectivity index (χ0) is 12.5. The molecule has 94 valence electrons. The molecule has 0 bridgehead atoms. The summed E-state index contributed by atoms with van der Waals surface area (Å²) in [5.41, 5.74) is 7.67. The van der Waals surface area contributed by atoms with Gasteiger partial charge in [-0.3, -0.25) is 0 Å². The fourth-order valence-corrected chi connectivity index (χ4v) is 3.32. The first-order chi connectivity index (χ1) is 8.07. The summed E-state index contributed by atoms with van der Waals surface area (Å²) < 4.78 is 14.1. The highest BCUT2D eigenvalue weighted by molar-refractivity contribution is 7.98. The molecule has 0 saturated heterocycles. The third-order valence-corrected chi connectivity index (χ3v) is 4.65. The normalized spacial score (nSPS) is 19.3. The standard InChI is InChI=1S/C14H20FNS/c1-10-8-12(15)11(9-13(10)17-2)14(16)6-4-3-5-7-14/h8-9H,3-7,16H2,1-2H3. The van der Waals surface area contributed by atoms with Gasteiger partial charge in [-0.2, -0.15) is 0 Å². The van der Waals surface area contributed by atoms with Crippen LogP contribution in [0.1, 0.15) is 43.2 Å². The van der Waals surface area contributed by atoms with Crippen molar-refractivity contribution in [3.05, 3.63) is 29.1 Å². The van der Waals surface area contributed by atoms with E-state index in [1.165, 1.54) is 6.42 Å². The number of hydrogen-bond donors (Lipinski definition) is 1. The lowest BCUT2D eigenvalue weighted by molar-refractivity contribution is 0.292. The summed E-state index contributed by atoms with van der Waals surface area (Å²) in [6.45, 7) is 1.95. The number of hydrogen-bond acceptors (Lipinski definition) is 2. The quantitative estimate of drug-likeness (QED) is 0.807. The molecular formula is C14H20FNS. The summed E-state index contributed by atoms with van der Waals surface area (Å²) in [5.74, 6) is -0.135. The van der Waals surface area contributed by atoms with Crippen LogP contribution in [0, 0.1) is 12.7 Å². The largest absolute Gasteiger partial charge is 0.321 e. The third kappa shape index (κ3) is 2.50. The van der Waals surface area contributed by atoms with Crippen molar-refractivity contribution in [2.24, 2.45) is 5.73 Å². The monoisotopic (exact) mass is 253 g/mol. The molecule has 2 rings (SSSR count). The minimum absolute atomic E-state index is 0.135. The van der Waals surface area contributed by atoms with Crippen LogP contribution in [-0.4, -0.2) is 6.26 Å². The maximum atomic E-state index is 14.1. The molecule has 1 aliphatic carbocycles. The Balaban J connectivity index is 2.43. The SMILES string of the molecule is CSc1cc(C2(N)CCCCC2)c(F)cc1C. The Hall–Kier alpha value is -0.540. The molecule has 2 N–H and O–H groups in total. The molecule has 0 spiro atoms. The van der Waals surface area contributed by atoms with E-state index in [0.717, 1.165) is 36.1 Å². The summed E-state index contributed by atoms with van der Waals surface area (Å²) in [5, 5.41) is 0. The van der Waals surface area contributed by atoms with Crippen LogP contribution in [-0.2, 0) is 5.54 Å². The second-order valence-electron chi connectivity index (χ2n) is 5.02. The lowest BCUT2D eigenvalue weighted by Gasteiger charge is -2.34. The van der Waals surface area contributed by atoms with Gasteiger partial charge in [0.15, 0.2) is 0 Å². The minimum atomic E-state index is -0.444. The van der Waals surface area contributed by atoms with Gasteiger partial charge in [0.2, 0.25) is 0 Å². The van der Waals surface area contributed by atoms with Crippen molar-refractivity contribution in [3.8, 4) is 0 Å². The first-order valence-electron chi connectivity index (χ1n) is 6.20. The van der Waals surface area contributed by atoms with Crippen molar-refractivity contribution in [3.63, 3.8) is 0 Å². The fourth-order valence-electron chi connectivity index (χ4n) is 2.71. The molecule has 3 heteroatoms. The molecule has 0 radical (unpaired) electrons. The molecule has 0 unspecified atom stereocenters. The summed E-state index contributed by atoms with van der Waals surface area (Å²) in [6.07, 6.45) is 7.27. The highest BCUT2D eigenvalue weighted by Gasteiger charge is 2.32. The lowest BCUT2D eigenvalue weighted by Crippen LogP contribution is -2.39. The first-order valence-corrected chi connectivity index (χ1v) is 7.43. The molecule has 17 heavy (non-hydrogen) atoms. The van der Waals surface area contributed by atoms with Crippen LogP contribution in [0.15, 0.2) is 17.0 Å². The van der Waals surface area contributed by atoms with E-state index in [4.69, 9.17) is 5.73 Å². The Morgan fingerprint density at radius 2 is 1.88 bits per heavy atom. The molecule has 0 heterocycles.